The molecule has 3 nitrogen and oxygen atoms in total. The fourth-order valence-electron chi connectivity index (χ4n) is 2.90. The van der Waals surface area contributed by atoms with Gasteiger partial charge in [0, 0.05) is 11.3 Å². The fraction of sp³-hybridized carbons (Fsp3) is 0.933. The van der Waals surface area contributed by atoms with Crippen molar-refractivity contribution in [3.05, 3.63) is 0 Å². The van der Waals surface area contributed by atoms with Crippen molar-refractivity contribution in [2.45, 2.75) is 75.6 Å². The molecule has 3 N–H and O–H groups in total. The molecular formula is C15H28N2OS. The Hall–Kier alpha value is -0.220. The molecule has 19 heavy (non-hydrogen) atoms. The number of thioether (sulfide) groups is 1. The summed E-state index contributed by atoms with van der Waals surface area (Å²) in [6, 6.07) is 0.525. The molecule has 0 aromatic carbocycles. The van der Waals surface area contributed by atoms with Gasteiger partial charge in [0.2, 0.25) is 5.91 Å². The van der Waals surface area contributed by atoms with Gasteiger partial charge in [-0.2, -0.15) is 11.8 Å². The molecule has 2 rings (SSSR count). The molecule has 3 unspecified atom stereocenters. The van der Waals surface area contributed by atoms with Crippen LogP contribution in [0.25, 0.3) is 0 Å². The fourth-order valence-corrected chi connectivity index (χ4v) is 4.56. The number of nitrogens with two attached hydrogens (primary N) is 1. The van der Waals surface area contributed by atoms with Gasteiger partial charge in [0.15, 0.2) is 0 Å². The lowest BCUT2D eigenvalue weighted by molar-refractivity contribution is -0.124. The van der Waals surface area contributed by atoms with Gasteiger partial charge in [0.05, 0.1) is 5.54 Å². The monoisotopic (exact) mass is 284 g/mol. The Morgan fingerprint density at radius 3 is 2.68 bits per heavy atom. The Kier molecular flexibility index (Phi) is 5.18. The molecule has 110 valence electrons. The summed E-state index contributed by atoms with van der Waals surface area (Å²) in [6.45, 7) is 4.33. The largest absolute Gasteiger partial charge is 0.368 e. The number of hydrogen-bond donors (Lipinski definition) is 2. The summed E-state index contributed by atoms with van der Waals surface area (Å²) in [5.41, 5.74) is 5.07. The quantitative estimate of drug-likeness (QED) is 0.756. The van der Waals surface area contributed by atoms with Crippen molar-refractivity contribution in [2.24, 2.45) is 11.7 Å². The molecule has 3 atom stereocenters. The predicted octanol–water partition coefficient (Wildman–Crippen LogP) is 2.68. The van der Waals surface area contributed by atoms with E-state index in [1.165, 1.54) is 38.5 Å². The maximum Gasteiger partial charge on any atom is 0.237 e. The van der Waals surface area contributed by atoms with E-state index in [4.69, 9.17) is 5.73 Å². The molecule has 2 aliphatic rings. The third-order valence-corrected chi connectivity index (χ3v) is 5.83. The van der Waals surface area contributed by atoms with Gasteiger partial charge in [0.1, 0.15) is 0 Å². The number of primary amides is 1. The lowest BCUT2D eigenvalue weighted by atomic mass is 9.91. The molecule has 0 saturated heterocycles. The van der Waals surface area contributed by atoms with E-state index in [1.54, 1.807) is 0 Å². The van der Waals surface area contributed by atoms with Gasteiger partial charge in [-0.1, -0.05) is 19.8 Å². The van der Waals surface area contributed by atoms with Gasteiger partial charge in [-0.25, -0.2) is 0 Å². The molecule has 0 aromatic rings. The van der Waals surface area contributed by atoms with E-state index in [0.717, 1.165) is 23.3 Å². The topological polar surface area (TPSA) is 55.1 Å². The van der Waals surface area contributed by atoms with Gasteiger partial charge < -0.3 is 11.1 Å². The Morgan fingerprint density at radius 1 is 1.37 bits per heavy atom. The van der Waals surface area contributed by atoms with Crippen molar-refractivity contribution < 1.29 is 4.79 Å². The summed E-state index contributed by atoms with van der Waals surface area (Å²) < 4.78 is 0. The van der Waals surface area contributed by atoms with Crippen molar-refractivity contribution >= 4 is 17.7 Å². The molecule has 0 bridgehead atoms. The highest BCUT2D eigenvalue weighted by Gasteiger charge is 2.36. The lowest BCUT2D eigenvalue weighted by Crippen LogP contribution is -2.54. The Morgan fingerprint density at radius 2 is 2.11 bits per heavy atom. The van der Waals surface area contributed by atoms with Crippen LogP contribution in [0.2, 0.25) is 0 Å². The van der Waals surface area contributed by atoms with E-state index in [0.29, 0.717) is 6.04 Å². The van der Waals surface area contributed by atoms with Crippen molar-refractivity contribution in [3.8, 4) is 0 Å². The third kappa shape index (κ3) is 4.67. The van der Waals surface area contributed by atoms with Gasteiger partial charge in [0.25, 0.3) is 0 Å². The van der Waals surface area contributed by atoms with Crippen LogP contribution >= 0.6 is 11.8 Å². The smallest absolute Gasteiger partial charge is 0.237 e. The summed E-state index contributed by atoms with van der Waals surface area (Å²) in [6.07, 6.45) is 8.68. The highest BCUT2D eigenvalue weighted by atomic mass is 32.2. The number of hydrogen-bond acceptors (Lipinski definition) is 3. The Labute approximate surface area is 121 Å². The third-order valence-electron chi connectivity index (χ3n) is 4.49. The Balaban J connectivity index is 1.73. The summed E-state index contributed by atoms with van der Waals surface area (Å²) in [5, 5.41) is 4.22. The Bertz CT molecular complexity index is 319. The second-order valence-corrected chi connectivity index (χ2v) is 8.04. The minimum absolute atomic E-state index is 0.197. The van der Waals surface area contributed by atoms with E-state index in [-0.39, 0.29) is 5.91 Å². The molecular weight excluding hydrogens is 256 g/mol. The van der Waals surface area contributed by atoms with Crippen molar-refractivity contribution in [1.29, 1.82) is 0 Å². The van der Waals surface area contributed by atoms with Gasteiger partial charge in [-0.05, 0) is 50.7 Å². The molecule has 4 heteroatoms. The maximum atomic E-state index is 11.7. The summed E-state index contributed by atoms with van der Waals surface area (Å²) in [5.74, 6) is 1.71. The van der Waals surface area contributed by atoms with Crippen molar-refractivity contribution in [1.82, 2.24) is 5.32 Å². The van der Waals surface area contributed by atoms with Gasteiger partial charge in [-0.3, -0.25) is 4.79 Å². The molecule has 2 saturated carbocycles. The minimum Gasteiger partial charge on any atom is -0.368 e. The van der Waals surface area contributed by atoms with Crippen LogP contribution in [0.4, 0.5) is 0 Å². The van der Waals surface area contributed by atoms with Crippen molar-refractivity contribution in [3.63, 3.8) is 0 Å². The number of nitrogens with one attached hydrogen (secondary N) is 1. The SMILES string of the molecule is CC1CCCC(SCCC(C)(NC2CC2)C(N)=O)C1. The summed E-state index contributed by atoms with van der Waals surface area (Å²) >= 11 is 2.05. The highest BCUT2D eigenvalue weighted by molar-refractivity contribution is 7.99. The highest BCUT2D eigenvalue weighted by Crippen LogP contribution is 2.33. The molecule has 0 heterocycles. The van der Waals surface area contributed by atoms with Crippen LogP contribution in [-0.4, -0.2) is 28.5 Å². The molecule has 0 radical (unpaired) electrons. The average molecular weight is 284 g/mol. The van der Waals surface area contributed by atoms with Crippen LogP contribution in [0, 0.1) is 5.92 Å². The van der Waals surface area contributed by atoms with Crippen LogP contribution in [0.3, 0.4) is 0 Å². The van der Waals surface area contributed by atoms with E-state index in [1.807, 2.05) is 18.7 Å². The average Bonchev–Trinajstić information content (AvgIpc) is 3.12. The molecule has 2 aliphatic carbocycles. The number of carbonyl (C=O) groups excluding carboxylic acids is 1. The molecule has 0 aliphatic heterocycles. The first-order valence-electron chi connectivity index (χ1n) is 7.69. The molecule has 2 fully saturated rings. The zero-order valence-electron chi connectivity index (χ0n) is 12.3. The first kappa shape index (κ1) is 15.2. The van der Waals surface area contributed by atoms with E-state index < -0.39 is 5.54 Å². The summed E-state index contributed by atoms with van der Waals surface area (Å²) in [4.78, 5) is 11.7. The van der Waals surface area contributed by atoms with Gasteiger partial charge in [-0.15, -0.1) is 0 Å². The molecule has 1 amide bonds. The van der Waals surface area contributed by atoms with Crippen LogP contribution in [-0.2, 0) is 4.79 Å². The normalized spacial score (nSPS) is 30.8. The number of carbonyl (C=O) groups is 1. The maximum absolute atomic E-state index is 11.7. The second-order valence-electron chi connectivity index (χ2n) is 6.63. The number of rotatable bonds is 7. The van der Waals surface area contributed by atoms with Crippen LogP contribution in [0.1, 0.15) is 58.8 Å². The molecule has 0 aromatic heterocycles. The number of amides is 1. The van der Waals surface area contributed by atoms with E-state index in [2.05, 4.69) is 12.2 Å². The molecule has 0 spiro atoms. The van der Waals surface area contributed by atoms with E-state index >= 15 is 0 Å². The first-order valence-corrected chi connectivity index (χ1v) is 8.74. The predicted molar refractivity (Wildman–Crippen MR) is 82.3 cm³/mol. The standard InChI is InChI=1S/C15H28N2OS/c1-11-4-3-5-13(10-11)19-9-8-15(2,14(16)18)17-12-6-7-12/h11-13,17H,3-10H2,1-2H3,(H2,16,18). The second kappa shape index (κ2) is 6.49. The van der Waals surface area contributed by atoms with Crippen LogP contribution in [0.15, 0.2) is 0 Å². The van der Waals surface area contributed by atoms with Crippen LogP contribution < -0.4 is 11.1 Å². The van der Waals surface area contributed by atoms with Gasteiger partial charge >= 0.3 is 0 Å². The lowest BCUT2D eigenvalue weighted by Gasteiger charge is -2.30. The first-order chi connectivity index (χ1) is 8.99. The summed E-state index contributed by atoms with van der Waals surface area (Å²) in [7, 11) is 0. The zero-order chi connectivity index (χ0) is 13.9. The van der Waals surface area contributed by atoms with Crippen molar-refractivity contribution in [2.75, 3.05) is 5.75 Å². The van der Waals surface area contributed by atoms with E-state index in [9.17, 15) is 4.79 Å². The van der Waals surface area contributed by atoms with Crippen LogP contribution in [0.5, 0.6) is 0 Å². The zero-order valence-corrected chi connectivity index (χ0v) is 13.1. The minimum atomic E-state index is -0.506.